The maximum absolute atomic E-state index is 13.7. The molecule has 0 aromatic carbocycles. The second-order valence-electron chi connectivity index (χ2n) is 7.13. The standard InChI is InChI=1S/C13H16F5NO4S/c14-12(15,16)9(13(17,18)24(19,21)22)23-10(20)11-4-6-1-7(5-11)3-8(11)2-6/h6-9H,1-5H2,(H2,19,21,22). The molecule has 11 heteroatoms. The number of esters is 1. The summed E-state index contributed by atoms with van der Waals surface area (Å²) in [6.07, 6.45) is -7.07. The van der Waals surface area contributed by atoms with Crippen molar-refractivity contribution in [3.05, 3.63) is 0 Å². The van der Waals surface area contributed by atoms with Crippen molar-refractivity contribution in [2.75, 3.05) is 0 Å². The first-order valence-electron chi connectivity index (χ1n) is 7.45. The normalized spacial score (nSPS) is 36.8. The number of nitrogens with two attached hydrogens (primary N) is 1. The van der Waals surface area contributed by atoms with Crippen LogP contribution in [0.2, 0.25) is 0 Å². The first-order valence-corrected chi connectivity index (χ1v) is 9.00. The minimum Gasteiger partial charge on any atom is -0.444 e. The van der Waals surface area contributed by atoms with Gasteiger partial charge in [-0.05, 0) is 49.9 Å². The van der Waals surface area contributed by atoms with Gasteiger partial charge in [-0.1, -0.05) is 0 Å². The van der Waals surface area contributed by atoms with E-state index in [0.29, 0.717) is 25.7 Å². The molecular formula is C13H16F5NO4S. The molecule has 4 saturated carbocycles. The molecule has 0 aromatic heterocycles. The van der Waals surface area contributed by atoms with Gasteiger partial charge in [-0.2, -0.15) is 22.0 Å². The van der Waals surface area contributed by atoms with Crippen LogP contribution in [0.4, 0.5) is 22.0 Å². The Morgan fingerprint density at radius 1 is 1.08 bits per heavy atom. The number of alkyl halides is 5. The van der Waals surface area contributed by atoms with E-state index in [-0.39, 0.29) is 17.8 Å². The van der Waals surface area contributed by atoms with Crippen LogP contribution >= 0.6 is 0 Å². The minimum absolute atomic E-state index is 0.179. The summed E-state index contributed by atoms with van der Waals surface area (Å²) in [5.41, 5.74) is -1.20. The average Bonchev–Trinajstić information content (AvgIpc) is 2.79. The second kappa shape index (κ2) is 5.03. The fourth-order valence-electron chi connectivity index (χ4n) is 4.83. The summed E-state index contributed by atoms with van der Waals surface area (Å²) in [6.45, 7) is 0. The fraction of sp³-hybridized carbons (Fsp3) is 0.923. The summed E-state index contributed by atoms with van der Waals surface area (Å²) in [6, 6.07) is 0. The van der Waals surface area contributed by atoms with Gasteiger partial charge < -0.3 is 4.74 Å². The molecule has 2 N–H and O–H groups in total. The molecule has 5 nitrogen and oxygen atoms in total. The molecule has 3 atom stereocenters. The van der Waals surface area contributed by atoms with E-state index in [1.807, 2.05) is 0 Å². The summed E-state index contributed by atoms with van der Waals surface area (Å²) in [5, 5.41) is -1.25. The Labute approximate surface area is 134 Å². The lowest BCUT2D eigenvalue weighted by molar-refractivity contribution is -0.262. The Morgan fingerprint density at radius 3 is 2.00 bits per heavy atom. The summed E-state index contributed by atoms with van der Waals surface area (Å²) in [7, 11) is -5.91. The topological polar surface area (TPSA) is 86.5 Å². The number of rotatable bonds is 4. The van der Waals surface area contributed by atoms with Crippen LogP contribution in [-0.4, -0.2) is 31.9 Å². The monoisotopic (exact) mass is 377 g/mol. The highest BCUT2D eigenvalue weighted by Gasteiger charge is 2.68. The average molecular weight is 377 g/mol. The molecule has 0 aliphatic heterocycles. The molecule has 4 rings (SSSR count). The van der Waals surface area contributed by atoms with Crippen LogP contribution in [0.5, 0.6) is 0 Å². The molecule has 0 amide bonds. The zero-order valence-electron chi connectivity index (χ0n) is 12.4. The first kappa shape index (κ1) is 17.8. The predicted molar refractivity (Wildman–Crippen MR) is 70.0 cm³/mol. The Balaban J connectivity index is 1.88. The third-order valence-corrected chi connectivity index (χ3v) is 6.58. The van der Waals surface area contributed by atoms with Crippen molar-refractivity contribution in [2.45, 2.75) is 49.6 Å². The summed E-state index contributed by atoms with van der Waals surface area (Å²) in [5.74, 6) is -1.22. The fourth-order valence-corrected chi connectivity index (χ4v) is 5.31. The highest BCUT2D eigenvalue weighted by atomic mass is 32.2. The molecule has 138 valence electrons. The van der Waals surface area contributed by atoms with Crippen molar-refractivity contribution in [3.8, 4) is 0 Å². The summed E-state index contributed by atoms with van der Waals surface area (Å²) < 4.78 is 92.0. The molecule has 4 aliphatic carbocycles. The van der Waals surface area contributed by atoms with Crippen LogP contribution < -0.4 is 5.14 Å². The molecule has 3 unspecified atom stereocenters. The van der Waals surface area contributed by atoms with Crippen molar-refractivity contribution >= 4 is 16.0 Å². The van der Waals surface area contributed by atoms with E-state index in [1.54, 1.807) is 0 Å². The van der Waals surface area contributed by atoms with Gasteiger partial charge in [0.2, 0.25) is 0 Å². The van der Waals surface area contributed by atoms with Gasteiger partial charge in [0.25, 0.3) is 16.1 Å². The zero-order valence-corrected chi connectivity index (χ0v) is 13.2. The van der Waals surface area contributed by atoms with Crippen molar-refractivity contribution in [1.29, 1.82) is 0 Å². The van der Waals surface area contributed by atoms with Gasteiger partial charge in [-0.15, -0.1) is 0 Å². The number of carbonyl (C=O) groups excluding carboxylic acids is 1. The third kappa shape index (κ3) is 2.51. The van der Waals surface area contributed by atoms with Crippen molar-refractivity contribution < 1.29 is 39.9 Å². The Bertz CT molecular complexity index is 648. The van der Waals surface area contributed by atoms with Crippen LogP contribution in [0.15, 0.2) is 0 Å². The van der Waals surface area contributed by atoms with Gasteiger partial charge in [0.1, 0.15) is 0 Å². The maximum atomic E-state index is 13.7. The van der Waals surface area contributed by atoms with E-state index in [4.69, 9.17) is 0 Å². The number of primary sulfonamides is 1. The molecule has 0 heterocycles. The molecule has 4 bridgehead atoms. The van der Waals surface area contributed by atoms with Gasteiger partial charge in [0, 0.05) is 0 Å². The van der Waals surface area contributed by atoms with Crippen molar-refractivity contribution in [2.24, 2.45) is 28.3 Å². The number of halogens is 5. The SMILES string of the molecule is NS(=O)(=O)C(F)(F)C(OC(=O)C12CC3CC(CC1C3)C2)C(F)(F)F. The van der Waals surface area contributed by atoms with E-state index in [0.717, 1.165) is 6.42 Å². The van der Waals surface area contributed by atoms with Crippen LogP contribution in [-0.2, 0) is 19.6 Å². The van der Waals surface area contributed by atoms with Gasteiger partial charge in [0.15, 0.2) is 0 Å². The van der Waals surface area contributed by atoms with Gasteiger partial charge >= 0.3 is 17.4 Å². The number of ether oxygens (including phenoxy) is 1. The zero-order chi connectivity index (χ0) is 18.1. The van der Waals surface area contributed by atoms with Crippen LogP contribution in [0, 0.1) is 23.2 Å². The Morgan fingerprint density at radius 2 is 1.58 bits per heavy atom. The van der Waals surface area contributed by atoms with Gasteiger partial charge in [-0.25, -0.2) is 13.6 Å². The van der Waals surface area contributed by atoms with Crippen molar-refractivity contribution in [3.63, 3.8) is 0 Å². The molecular weight excluding hydrogens is 361 g/mol. The summed E-state index contributed by atoms with van der Waals surface area (Å²) >= 11 is 0. The van der Waals surface area contributed by atoms with Gasteiger partial charge in [0.05, 0.1) is 5.41 Å². The molecule has 0 saturated heterocycles. The van der Waals surface area contributed by atoms with Crippen LogP contribution in [0.1, 0.15) is 32.1 Å². The van der Waals surface area contributed by atoms with Crippen LogP contribution in [0.25, 0.3) is 0 Å². The molecule has 24 heavy (non-hydrogen) atoms. The Kier molecular flexibility index (Phi) is 3.74. The molecule has 4 aliphatic rings. The van der Waals surface area contributed by atoms with E-state index >= 15 is 0 Å². The van der Waals surface area contributed by atoms with Crippen molar-refractivity contribution in [1.82, 2.24) is 0 Å². The van der Waals surface area contributed by atoms with E-state index in [9.17, 15) is 35.2 Å². The number of sulfonamides is 1. The summed E-state index contributed by atoms with van der Waals surface area (Å²) in [4.78, 5) is 12.4. The highest BCUT2D eigenvalue weighted by Crippen LogP contribution is 2.66. The maximum Gasteiger partial charge on any atom is 0.432 e. The minimum atomic E-state index is -5.91. The molecule has 0 radical (unpaired) electrons. The quantitative estimate of drug-likeness (QED) is 0.601. The largest absolute Gasteiger partial charge is 0.444 e. The number of hydrogen-bond acceptors (Lipinski definition) is 4. The molecule has 0 aromatic rings. The predicted octanol–water partition coefficient (Wildman–Crippen LogP) is 2.17. The highest BCUT2D eigenvalue weighted by molar-refractivity contribution is 7.90. The third-order valence-electron chi connectivity index (χ3n) is 5.60. The smallest absolute Gasteiger partial charge is 0.432 e. The van der Waals surface area contributed by atoms with Crippen LogP contribution in [0.3, 0.4) is 0 Å². The number of hydrogen-bond donors (Lipinski definition) is 1. The first-order chi connectivity index (χ1) is 10.8. The van der Waals surface area contributed by atoms with E-state index < -0.39 is 38.9 Å². The lowest BCUT2D eigenvalue weighted by Gasteiger charge is -2.34. The molecule has 0 spiro atoms. The van der Waals surface area contributed by atoms with E-state index in [1.165, 1.54) is 0 Å². The van der Waals surface area contributed by atoms with Gasteiger partial charge in [-0.3, -0.25) is 4.79 Å². The number of carbonyl (C=O) groups is 1. The molecule has 4 fully saturated rings. The Hall–Kier alpha value is -0.970. The lowest BCUT2D eigenvalue weighted by atomic mass is 9.75. The van der Waals surface area contributed by atoms with E-state index in [2.05, 4.69) is 9.88 Å². The second-order valence-corrected chi connectivity index (χ2v) is 8.77. The lowest BCUT2D eigenvalue weighted by Crippen LogP contribution is -2.55.